The summed E-state index contributed by atoms with van der Waals surface area (Å²) in [5.74, 6) is 2.21. The molecule has 24 heavy (non-hydrogen) atoms. The molecule has 130 valence electrons. The Morgan fingerprint density at radius 2 is 2.04 bits per heavy atom. The zero-order valence-corrected chi connectivity index (χ0v) is 14.5. The number of nitrogens with one attached hydrogen (secondary N) is 2. The van der Waals surface area contributed by atoms with Crippen molar-refractivity contribution in [2.45, 2.75) is 20.0 Å². The molecule has 0 bridgehead atoms. The first-order chi connectivity index (χ1) is 11.8. The number of imidazole rings is 1. The quantitative estimate of drug-likeness (QED) is 0.568. The SMILES string of the molecule is CCNC(=NCc1ccc(OC)c(OC)c1)NCCn1ccnc1. The van der Waals surface area contributed by atoms with Gasteiger partial charge in [0.15, 0.2) is 17.5 Å². The minimum absolute atomic E-state index is 0.556. The Bertz CT molecular complexity index is 640. The molecular weight excluding hydrogens is 306 g/mol. The zero-order valence-electron chi connectivity index (χ0n) is 14.5. The molecule has 7 heteroatoms. The van der Waals surface area contributed by atoms with Crippen LogP contribution in [0.5, 0.6) is 11.5 Å². The fraction of sp³-hybridized carbons (Fsp3) is 0.412. The molecule has 0 fully saturated rings. The fourth-order valence-corrected chi connectivity index (χ4v) is 2.21. The molecule has 0 atom stereocenters. The lowest BCUT2D eigenvalue weighted by Gasteiger charge is -2.12. The van der Waals surface area contributed by atoms with Crippen LogP contribution >= 0.6 is 0 Å². The van der Waals surface area contributed by atoms with Crippen LogP contribution < -0.4 is 20.1 Å². The van der Waals surface area contributed by atoms with Crippen LogP contribution in [0.15, 0.2) is 41.9 Å². The van der Waals surface area contributed by atoms with E-state index in [9.17, 15) is 0 Å². The van der Waals surface area contributed by atoms with E-state index in [4.69, 9.17) is 9.47 Å². The number of methoxy groups -OCH3 is 2. The maximum absolute atomic E-state index is 5.32. The van der Waals surface area contributed by atoms with Gasteiger partial charge >= 0.3 is 0 Å². The molecular formula is C17H25N5O2. The van der Waals surface area contributed by atoms with Gasteiger partial charge in [0.05, 0.1) is 27.1 Å². The standard InChI is InChI=1S/C17H25N5O2/c1-4-19-17(20-8-10-22-9-7-18-13-22)21-12-14-5-6-15(23-2)16(11-14)24-3/h5-7,9,11,13H,4,8,10,12H2,1-3H3,(H2,19,20,21). The van der Waals surface area contributed by atoms with Crippen LogP contribution in [0.4, 0.5) is 0 Å². The molecule has 1 heterocycles. The molecule has 0 unspecified atom stereocenters. The monoisotopic (exact) mass is 331 g/mol. The molecule has 2 rings (SSSR count). The Kier molecular flexibility index (Phi) is 6.94. The largest absolute Gasteiger partial charge is 0.493 e. The van der Waals surface area contributed by atoms with E-state index >= 15 is 0 Å². The topological polar surface area (TPSA) is 72.7 Å². The third-order valence-corrected chi connectivity index (χ3v) is 3.43. The van der Waals surface area contributed by atoms with E-state index < -0.39 is 0 Å². The summed E-state index contributed by atoms with van der Waals surface area (Å²) in [5.41, 5.74) is 1.06. The van der Waals surface area contributed by atoms with Crippen molar-refractivity contribution in [1.29, 1.82) is 0 Å². The summed E-state index contributed by atoms with van der Waals surface area (Å²) in [6, 6.07) is 5.82. The van der Waals surface area contributed by atoms with Crippen molar-refractivity contribution in [1.82, 2.24) is 20.2 Å². The lowest BCUT2D eigenvalue weighted by molar-refractivity contribution is 0.354. The Labute approximate surface area is 142 Å². The van der Waals surface area contributed by atoms with E-state index in [0.717, 1.165) is 36.9 Å². The summed E-state index contributed by atoms with van der Waals surface area (Å²) in [6.07, 6.45) is 5.51. The summed E-state index contributed by atoms with van der Waals surface area (Å²) in [7, 11) is 3.26. The average molecular weight is 331 g/mol. The van der Waals surface area contributed by atoms with Crippen molar-refractivity contribution in [2.24, 2.45) is 4.99 Å². The summed E-state index contributed by atoms with van der Waals surface area (Å²) < 4.78 is 12.6. The molecule has 2 aromatic rings. The van der Waals surface area contributed by atoms with Gasteiger partial charge in [0.1, 0.15) is 0 Å². The Morgan fingerprint density at radius 3 is 2.71 bits per heavy atom. The molecule has 0 aliphatic carbocycles. The van der Waals surface area contributed by atoms with Gasteiger partial charge in [-0.1, -0.05) is 6.07 Å². The van der Waals surface area contributed by atoms with E-state index in [-0.39, 0.29) is 0 Å². The number of benzene rings is 1. The van der Waals surface area contributed by atoms with Crippen LogP contribution in [0.1, 0.15) is 12.5 Å². The van der Waals surface area contributed by atoms with E-state index in [0.29, 0.717) is 12.3 Å². The van der Waals surface area contributed by atoms with Gasteiger partial charge in [0.2, 0.25) is 0 Å². The number of rotatable bonds is 8. The lowest BCUT2D eigenvalue weighted by Crippen LogP contribution is -2.38. The highest BCUT2D eigenvalue weighted by Crippen LogP contribution is 2.27. The summed E-state index contributed by atoms with van der Waals surface area (Å²) in [5, 5.41) is 6.56. The molecule has 2 N–H and O–H groups in total. The Morgan fingerprint density at radius 1 is 1.21 bits per heavy atom. The molecule has 1 aromatic carbocycles. The van der Waals surface area contributed by atoms with Gasteiger partial charge in [0, 0.05) is 32.0 Å². The van der Waals surface area contributed by atoms with Gasteiger partial charge in [-0.3, -0.25) is 0 Å². The maximum atomic E-state index is 5.32. The molecule has 0 saturated carbocycles. The van der Waals surface area contributed by atoms with Crippen LogP contribution in [-0.2, 0) is 13.1 Å². The number of nitrogens with zero attached hydrogens (tertiary/aromatic N) is 3. The molecule has 0 radical (unpaired) electrons. The normalized spacial score (nSPS) is 11.2. The molecule has 0 amide bonds. The number of guanidine groups is 1. The third-order valence-electron chi connectivity index (χ3n) is 3.43. The first-order valence-electron chi connectivity index (χ1n) is 7.95. The van der Waals surface area contributed by atoms with E-state index in [1.54, 1.807) is 26.7 Å². The highest BCUT2D eigenvalue weighted by Gasteiger charge is 2.04. The lowest BCUT2D eigenvalue weighted by atomic mass is 10.2. The van der Waals surface area contributed by atoms with Crippen molar-refractivity contribution in [3.63, 3.8) is 0 Å². The van der Waals surface area contributed by atoms with Crippen molar-refractivity contribution in [2.75, 3.05) is 27.3 Å². The highest BCUT2D eigenvalue weighted by atomic mass is 16.5. The van der Waals surface area contributed by atoms with Crippen LogP contribution in [0.2, 0.25) is 0 Å². The molecule has 1 aromatic heterocycles. The van der Waals surface area contributed by atoms with Crippen LogP contribution in [-0.4, -0.2) is 42.8 Å². The van der Waals surface area contributed by atoms with Gasteiger partial charge in [-0.2, -0.15) is 0 Å². The van der Waals surface area contributed by atoms with Crippen LogP contribution in [0, 0.1) is 0 Å². The van der Waals surface area contributed by atoms with Crippen LogP contribution in [0.25, 0.3) is 0 Å². The van der Waals surface area contributed by atoms with Gasteiger partial charge in [-0.15, -0.1) is 0 Å². The first-order valence-corrected chi connectivity index (χ1v) is 7.95. The number of hydrogen-bond acceptors (Lipinski definition) is 4. The first kappa shape index (κ1) is 17.7. The van der Waals surface area contributed by atoms with Crippen molar-refractivity contribution in [3.05, 3.63) is 42.5 Å². The molecule has 0 aliphatic heterocycles. The van der Waals surface area contributed by atoms with Gasteiger partial charge < -0.3 is 24.7 Å². The Hall–Kier alpha value is -2.70. The number of hydrogen-bond donors (Lipinski definition) is 2. The second-order valence-electron chi connectivity index (χ2n) is 5.11. The van der Waals surface area contributed by atoms with Crippen molar-refractivity contribution in [3.8, 4) is 11.5 Å². The number of aliphatic imine (C=N–C) groups is 1. The minimum Gasteiger partial charge on any atom is -0.493 e. The molecule has 0 saturated heterocycles. The number of aromatic nitrogens is 2. The maximum Gasteiger partial charge on any atom is 0.191 e. The van der Waals surface area contributed by atoms with Gasteiger partial charge in [0.25, 0.3) is 0 Å². The van der Waals surface area contributed by atoms with E-state index in [2.05, 4.69) is 20.6 Å². The molecule has 7 nitrogen and oxygen atoms in total. The van der Waals surface area contributed by atoms with Crippen molar-refractivity contribution >= 4 is 5.96 Å². The van der Waals surface area contributed by atoms with Crippen LogP contribution in [0.3, 0.4) is 0 Å². The average Bonchev–Trinajstić information content (AvgIpc) is 3.12. The zero-order chi connectivity index (χ0) is 17.2. The Balaban J connectivity index is 1.94. The predicted molar refractivity (Wildman–Crippen MR) is 94.6 cm³/mol. The van der Waals surface area contributed by atoms with Gasteiger partial charge in [-0.05, 0) is 24.6 Å². The predicted octanol–water partition coefficient (Wildman–Crippen LogP) is 1.66. The second kappa shape index (κ2) is 9.44. The third kappa shape index (κ3) is 5.19. The molecule has 0 spiro atoms. The summed E-state index contributed by atoms with van der Waals surface area (Å²) >= 11 is 0. The summed E-state index contributed by atoms with van der Waals surface area (Å²) in [6.45, 7) is 5.02. The van der Waals surface area contributed by atoms with E-state index in [1.807, 2.05) is 35.9 Å². The fourth-order valence-electron chi connectivity index (χ4n) is 2.21. The smallest absolute Gasteiger partial charge is 0.191 e. The van der Waals surface area contributed by atoms with E-state index in [1.165, 1.54) is 0 Å². The molecule has 0 aliphatic rings. The number of ether oxygens (including phenoxy) is 2. The second-order valence-corrected chi connectivity index (χ2v) is 5.11. The summed E-state index contributed by atoms with van der Waals surface area (Å²) in [4.78, 5) is 8.64. The van der Waals surface area contributed by atoms with Gasteiger partial charge in [-0.25, -0.2) is 9.98 Å². The van der Waals surface area contributed by atoms with Crippen molar-refractivity contribution < 1.29 is 9.47 Å². The minimum atomic E-state index is 0.556. The highest BCUT2D eigenvalue weighted by molar-refractivity contribution is 5.79.